The summed E-state index contributed by atoms with van der Waals surface area (Å²) in [4.78, 5) is 28.6. The summed E-state index contributed by atoms with van der Waals surface area (Å²) < 4.78 is 46.3. The molecule has 0 aromatic heterocycles. The SMILES string of the molecule is COc1cccc(N(CC(=O)N2C[C@@H](C(=O)NCc3ccccc3)Oc3ccccc32)S(=O)(=O)c2cc(C)ccc2OC)c1. The fourth-order valence-corrected chi connectivity index (χ4v) is 6.55. The highest BCUT2D eigenvalue weighted by Gasteiger charge is 2.37. The maximum absolute atomic E-state index is 14.3. The third-order valence-electron chi connectivity index (χ3n) is 7.18. The van der Waals surface area contributed by atoms with E-state index in [0.717, 1.165) is 9.87 Å². The van der Waals surface area contributed by atoms with Gasteiger partial charge in [0.2, 0.25) is 5.91 Å². The van der Waals surface area contributed by atoms with Crippen LogP contribution in [0.4, 0.5) is 11.4 Å². The molecule has 5 rings (SSSR count). The number of carbonyl (C=O) groups is 2. The van der Waals surface area contributed by atoms with Crippen molar-refractivity contribution in [1.82, 2.24) is 5.32 Å². The molecule has 228 valence electrons. The molecular weight excluding hydrogens is 582 g/mol. The predicted octanol–water partition coefficient (Wildman–Crippen LogP) is 4.32. The molecule has 0 fully saturated rings. The van der Waals surface area contributed by atoms with Crippen molar-refractivity contribution in [2.45, 2.75) is 24.5 Å². The number of anilines is 2. The molecule has 10 nitrogen and oxygen atoms in total. The normalized spacial score (nSPS) is 14.2. The minimum atomic E-state index is -4.33. The van der Waals surface area contributed by atoms with E-state index in [9.17, 15) is 18.0 Å². The molecule has 44 heavy (non-hydrogen) atoms. The Morgan fingerprint density at radius 1 is 0.932 bits per heavy atom. The van der Waals surface area contributed by atoms with Crippen LogP contribution in [0.1, 0.15) is 11.1 Å². The summed E-state index contributed by atoms with van der Waals surface area (Å²) in [5.41, 5.74) is 2.27. The average molecular weight is 616 g/mol. The highest BCUT2D eigenvalue weighted by Crippen LogP contribution is 2.35. The van der Waals surface area contributed by atoms with Gasteiger partial charge in [-0.1, -0.05) is 54.6 Å². The van der Waals surface area contributed by atoms with Gasteiger partial charge in [-0.2, -0.15) is 0 Å². The third-order valence-corrected chi connectivity index (χ3v) is 8.98. The van der Waals surface area contributed by atoms with E-state index >= 15 is 0 Å². The summed E-state index contributed by atoms with van der Waals surface area (Å²) in [5, 5.41) is 2.87. The molecule has 1 N–H and O–H groups in total. The number of carbonyl (C=O) groups excluding carboxylic acids is 2. The van der Waals surface area contributed by atoms with E-state index in [4.69, 9.17) is 14.2 Å². The van der Waals surface area contributed by atoms with Crippen LogP contribution >= 0.6 is 0 Å². The molecule has 0 bridgehead atoms. The summed E-state index contributed by atoms with van der Waals surface area (Å²) >= 11 is 0. The molecule has 0 saturated carbocycles. The second-order valence-corrected chi connectivity index (χ2v) is 12.0. The zero-order valence-electron chi connectivity index (χ0n) is 24.6. The van der Waals surface area contributed by atoms with E-state index in [1.54, 1.807) is 67.6 Å². The first kappa shape index (κ1) is 30.4. The lowest BCUT2D eigenvalue weighted by atomic mass is 10.1. The Morgan fingerprint density at radius 2 is 1.68 bits per heavy atom. The Balaban J connectivity index is 1.48. The monoisotopic (exact) mass is 615 g/mol. The Labute approximate surface area is 256 Å². The van der Waals surface area contributed by atoms with Crippen LogP contribution in [-0.4, -0.2) is 53.6 Å². The standard InChI is InChI=1S/C33H33N3O7S/c1-23-16-17-29(42-3)31(18-23)44(39,40)36(25-12-9-13-26(19-25)41-2)22-32(37)35-21-30(43-28-15-8-7-14-27(28)35)33(38)34-20-24-10-5-4-6-11-24/h4-19,30H,20-22H2,1-3H3,(H,34,38)/t30-/m0/s1. The average Bonchev–Trinajstić information content (AvgIpc) is 3.05. The van der Waals surface area contributed by atoms with Gasteiger partial charge >= 0.3 is 0 Å². The number of benzene rings is 4. The number of para-hydroxylation sites is 2. The number of hydrogen-bond donors (Lipinski definition) is 1. The minimum Gasteiger partial charge on any atom is -0.497 e. The summed E-state index contributed by atoms with van der Waals surface area (Å²) in [5.74, 6) is -0.0632. The second kappa shape index (κ2) is 13.1. The molecule has 11 heteroatoms. The lowest BCUT2D eigenvalue weighted by molar-refractivity contribution is -0.128. The van der Waals surface area contributed by atoms with Crippen LogP contribution in [0.15, 0.2) is 102 Å². The molecular formula is C33H33N3O7S. The quantitative estimate of drug-likeness (QED) is 0.283. The molecule has 0 radical (unpaired) electrons. The molecule has 1 aliphatic rings. The van der Waals surface area contributed by atoms with Crippen LogP contribution in [0.5, 0.6) is 17.2 Å². The molecule has 2 amide bonds. The Bertz CT molecular complexity index is 1760. The van der Waals surface area contributed by atoms with E-state index in [1.165, 1.54) is 25.2 Å². The number of hydrogen-bond acceptors (Lipinski definition) is 7. The number of rotatable bonds is 10. The fraction of sp³-hybridized carbons (Fsp3) is 0.212. The van der Waals surface area contributed by atoms with Crippen molar-refractivity contribution < 1.29 is 32.2 Å². The van der Waals surface area contributed by atoms with Crippen LogP contribution in [0, 0.1) is 6.92 Å². The van der Waals surface area contributed by atoms with Gasteiger partial charge in [0.05, 0.1) is 32.1 Å². The van der Waals surface area contributed by atoms with Crippen LogP contribution in [-0.2, 0) is 26.2 Å². The second-order valence-electron chi connectivity index (χ2n) is 10.1. The van der Waals surface area contributed by atoms with Crippen LogP contribution < -0.4 is 28.7 Å². The number of amides is 2. The molecule has 0 spiro atoms. The number of nitrogens with zero attached hydrogens (tertiary/aromatic N) is 2. The van der Waals surface area contributed by atoms with Crippen molar-refractivity contribution >= 4 is 33.2 Å². The summed E-state index contributed by atoms with van der Waals surface area (Å²) in [6.07, 6.45) is -1.02. The first-order chi connectivity index (χ1) is 21.2. The van der Waals surface area contributed by atoms with E-state index in [1.807, 2.05) is 30.3 Å². The number of ether oxygens (including phenoxy) is 3. The van der Waals surface area contributed by atoms with Gasteiger partial charge in [-0.3, -0.25) is 13.9 Å². The molecule has 1 atom stereocenters. The summed E-state index contributed by atoms with van der Waals surface area (Å²) in [6, 6.07) is 27.5. The number of nitrogens with one attached hydrogen (secondary N) is 1. The van der Waals surface area contributed by atoms with Gasteiger partial charge in [0.15, 0.2) is 6.10 Å². The topological polar surface area (TPSA) is 114 Å². The first-order valence-electron chi connectivity index (χ1n) is 13.9. The minimum absolute atomic E-state index is 0.0869. The smallest absolute Gasteiger partial charge is 0.268 e. The van der Waals surface area contributed by atoms with Crippen molar-refractivity contribution in [1.29, 1.82) is 0 Å². The number of sulfonamides is 1. The number of fused-ring (bicyclic) bond motifs is 1. The van der Waals surface area contributed by atoms with Crippen LogP contribution in [0.3, 0.4) is 0 Å². The molecule has 1 aliphatic heterocycles. The van der Waals surface area contributed by atoms with E-state index in [-0.39, 0.29) is 29.4 Å². The van der Waals surface area contributed by atoms with Gasteiger partial charge in [0, 0.05) is 12.6 Å². The lowest BCUT2D eigenvalue weighted by Crippen LogP contribution is -2.53. The summed E-state index contributed by atoms with van der Waals surface area (Å²) in [6.45, 7) is 1.37. The van der Waals surface area contributed by atoms with Crippen LogP contribution in [0.25, 0.3) is 0 Å². The highest BCUT2D eigenvalue weighted by atomic mass is 32.2. The Morgan fingerprint density at radius 3 is 2.43 bits per heavy atom. The van der Waals surface area contributed by atoms with Gasteiger partial charge in [0.1, 0.15) is 28.7 Å². The first-order valence-corrected chi connectivity index (χ1v) is 15.3. The fourth-order valence-electron chi connectivity index (χ4n) is 4.90. The molecule has 4 aromatic rings. The van der Waals surface area contributed by atoms with Crippen molar-refractivity contribution in [2.24, 2.45) is 0 Å². The number of methoxy groups -OCH3 is 2. The molecule has 4 aromatic carbocycles. The van der Waals surface area contributed by atoms with Gasteiger partial charge in [-0.25, -0.2) is 8.42 Å². The lowest BCUT2D eigenvalue weighted by Gasteiger charge is -2.35. The molecule has 0 aliphatic carbocycles. The number of aryl methyl sites for hydroxylation is 1. The van der Waals surface area contributed by atoms with E-state index in [0.29, 0.717) is 22.7 Å². The predicted molar refractivity (Wildman–Crippen MR) is 167 cm³/mol. The van der Waals surface area contributed by atoms with Gasteiger partial charge in [-0.05, 0) is 54.4 Å². The maximum atomic E-state index is 14.3. The molecule has 1 heterocycles. The molecule has 0 unspecified atom stereocenters. The van der Waals surface area contributed by atoms with E-state index < -0.39 is 34.5 Å². The zero-order valence-corrected chi connectivity index (χ0v) is 25.4. The maximum Gasteiger partial charge on any atom is 0.268 e. The van der Waals surface area contributed by atoms with Crippen molar-refractivity contribution in [3.05, 3.63) is 108 Å². The molecule has 0 saturated heterocycles. The largest absolute Gasteiger partial charge is 0.497 e. The van der Waals surface area contributed by atoms with Gasteiger partial charge in [-0.15, -0.1) is 0 Å². The van der Waals surface area contributed by atoms with Crippen molar-refractivity contribution in [3.63, 3.8) is 0 Å². The third kappa shape index (κ3) is 6.47. The van der Waals surface area contributed by atoms with Crippen molar-refractivity contribution in [2.75, 3.05) is 36.5 Å². The van der Waals surface area contributed by atoms with Gasteiger partial charge < -0.3 is 24.4 Å². The Kier molecular flexibility index (Phi) is 9.05. The van der Waals surface area contributed by atoms with Crippen molar-refractivity contribution in [3.8, 4) is 17.2 Å². The van der Waals surface area contributed by atoms with E-state index in [2.05, 4.69) is 5.32 Å². The van der Waals surface area contributed by atoms with Crippen LogP contribution in [0.2, 0.25) is 0 Å². The summed E-state index contributed by atoms with van der Waals surface area (Å²) in [7, 11) is -1.47. The van der Waals surface area contributed by atoms with Gasteiger partial charge in [0.25, 0.3) is 15.9 Å². The Hall–Kier alpha value is -5.03. The zero-order chi connectivity index (χ0) is 31.3. The highest BCUT2D eigenvalue weighted by molar-refractivity contribution is 7.93.